The van der Waals surface area contributed by atoms with Gasteiger partial charge in [0.2, 0.25) is 0 Å². The van der Waals surface area contributed by atoms with Crippen LogP contribution in [0.5, 0.6) is 0 Å². The van der Waals surface area contributed by atoms with Crippen LogP contribution in [-0.2, 0) is 5.41 Å². The van der Waals surface area contributed by atoms with E-state index in [-0.39, 0.29) is 5.41 Å². The highest BCUT2D eigenvalue weighted by Crippen LogP contribution is 2.31. The van der Waals surface area contributed by atoms with Gasteiger partial charge in [-0.2, -0.15) is 0 Å². The van der Waals surface area contributed by atoms with E-state index in [9.17, 15) is 0 Å². The number of aryl methyl sites for hydroxylation is 1. The Kier molecular flexibility index (Phi) is 4.15. The summed E-state index contributed by atoms with van der Waals surface area (Å²) in [4.78, 5) is 0. The molecule has 0 aliphatic carbocycles. The Morgan fingerprint density at radius 1 is 1.29 bits per heavy atom. The molecule has 1 aromatic carbocycles. The summed E-state index contributed by atoms with van der Waals surface area (Å²) in [6, 6.07) is 6.57. The largest absolute Gasteiger partial charge is 0.120 e. The first kappa shape index (κ1) is 13.5. The summed E-state index contributed by atoms with van der Waals surface area (Å²) in [5.74, 6) is 0. The second-order valence-corrected chi connectivity index (χ2v) is 5.39. The minimum Gasteiger partial charge on any atom is -0.120 e. The van der Waals surface area contributed by atoms with Gasteiger partial charge in [-0.05, 0) is 30.4 Å². The zero-order valence-corrected chi connectivity index (χ0v) is 11.6. The highest BCUT2D eigenvalue weighted by atomic mass is 14.2. The monoisotopic (exact) mass is 226 g/mol. The van der Waals surface area contributed by atoms with E-state index in [1.165, 1.54) is 16.7 Å². The summed E-state index contributed by atoms with van der Waals surface area (Å²) in [7, 11) is 0. The van der Waals surface area contributed by atoms with Gasteiger partial charge >= 0.3 is 0 Å². The van der Waals surface area contributed by atoms with Crippen molar-refractivity contribution >= 4 is 5.57 Å². The van der Waals surface area contributed by atoms with Crippen LogP contribution in [0.3, 0.4) is 0 Å². The molecule has 0 aliphatic heterocycles. The number of benzene rings is 1. The molecule has 90 valence electrons. The molecule has 0 amide bonds. The van der Waals surface area contributed by atoms with Gasteiger partial charge in [-0.25, -0.2) is 0 Å². The van der Waals surface area contributed by atoms with Crippen LogP contribution in [0.2, 0.25) is 0 Å². The van der Waals surface area contributed by atoms with Crippen molar-refractivity contribution in [2.24, 2.45) is 0 Å². The van der Waals surface area contributed by atoms with Gasteiger partial charge in [-0.15, -0.1) is 5.73 Å². The van der Waals surface area contributed by atoms with Gasteiger partial charge in [-0.1, -0.05) is 63.3 Å². The van der Waals surface area contributed by atoms with Crippen LogP contribution in [-0.4, -0.2) is 0 Å². The van der Waals surface area contributed by atoms with Gasteiger partial charge in [0.25, 0.3) is 0 Å². The molecular formula is C17H22. The Morgan fingerprint density at radius 2 is 1.94 bits per heavy atom. The van der Waals surface area contributed by atoms with E-state index in [0.717, 1.165) is 5.57 Å². The maximum Gasteiger partial charge on any atom is 0.0230 e. The van der Waals surface area contributed by atoms with Crippen molar-refractivity contribution in [1.82, 2.24) is 0 Å². The van der Waals surface area contributed by atoms with Crippen molar-refractivity contribution in [3.05, 3.63) is 59.4 Å². The van der Waals surface area contributed by atoms with Crippen molar-refractivity contribution < 1.29 is 0 Å². The number of hydrogen-bond acceptors (Lipinski definition) is 0. The average Bonchev–Trinajstić information content (AvgIpc) is 2.25. The molecule has 0 fully saturated rings. The Morgan fingerprint density at radius 3 is 2.41 bits per heavy atom. The highest BCUT2D eigenvalue weighted by Gasteiger charge is 2.18. The van der Waals surface area contributed by atoms with E-state index >= 15 is 0 Å². The van der Waals surface area contributed by atoms with Crippen molar-refractivity contribution in [3.63, 3.8) is 0 Å². The molecular weight excluding hydrogens is 204 g/mol. The summed E-state index contributed by atoms with van der Waals surface area (Å²) < 4.78 is 0. The third-order valence-electron chi connectivity index (χ3n) is 2.80. The zero-order valence-electron chi connectivity index (χ0n) is 11.6. The fourth-order valence-electron chi connectivity index (χ4n) is 1.92. The van der Waals surface area contributed by atoms with Gasteiger partial charge in [0.05, 0.1) is 0 Å². The summed E-state index contributed by atoms with van der Waals surface area (Å²) in [5.41, 5.74) is 8.10. The molecule has 0 radical (unpaired) electrons. The van der Waals surface area contributed by atoms with Crippen LogP contribution >= 0.6 is 0 Å². The number of rotatable bonds is 2. The molecule has 0 spiro atoms. The second kappa shape index (κ2) is 5.21. The second-order valence-electron chi connectivity index (χ2n) is 5.39. The quantitative estimate of drug-likeness (QED) is 0.489. The molecule has 0 nitrogen and oxygen atoms in total. The molecule has 0 saturated heterocycles. The minimum atomic E-state index is 0.130. The van der Waals surface area contributed by atoms with Gasteiger partial charge in [-0.3, -0.25) is 0 Å². The van der Waals surface area contributed by atoms with E-state index in [0.29, 0.717) is 0 Å². The molecule has 0 atom stereocenters. The van der Waals surface area contributed by atoms with E-state index in [1.54, 1.807) is 0 Å². The van der Waals surface area contributed by atoms with Crippen molar-refractivity contribution in [1.29, 1.82) is 0 Å². The number of hydrogen-bond donors (Lipinski definition) is 0. The van der Waals surface area contributed by atoms with Gasteiger partial charge < -0.3 is 0 Å². The minimum absolute atomic E-state index is 0.130. The molecule has 0 saturated carbocycles. The van der Waals surface area contributed by atoms with E-state index < -0.39 is 0 Å². The van der Waals surface area contributed by atoms with Crippen molar-refractivity contribution in [2.45, 2.75) is 40.0 Å². The topological polar surface area (TPSA) is 0 Å². The molecule has 0 aromatic heterocycles. The van der Waals surface area contributed by atoms with E-state index in [2.05, 4.69) is 64.3 Å². The molecule has 0 heterocycles. The Hall–Kier alpha value is -1.52. The fourth-order valence-corrected chi connectivity index (χ4v) is 1.92. The molecule has 1 rings (SSSR count). The lowest BCUT2D eigenvalue weighted by Crippen LogP contribution is -2.14. The van der Waals surface area contributed by atoms with Crippen molar-refractivity contribution in [2.75, 3.05) is 0 Å². The fraction of sp³-hybridized carbons (Fsp3) is 0.353. The maximum atomic E-state index is 3.79. The maximum absolute atomic E-state index is 3.79. The Bertz CT molecular complexity index is 475. The van der Waals surface area contributed by atoms with Gasteiger partial charge in [0.15, 0.2) is 0 Å². The van der Waals surface area contributed by atoms with Crippen LogP contribution in [0.15, 0.2) is 42.7 Å². The predicted octanol–water partition coefficient (Wildman–Crippen LogP) is 5.04. The molecule has 0 N–H and O–H groups in total. The van der Waals surface area contributed by atoms with E-state index in [4.69, 9.17) is 0 Å². The first-order valence-corrected chi connectivity index (χ1v) is 6.04. The third kappa shape index (κ3) is 3.22. The third-order valence-corrected chi connectivity index (χ3v) is 2.80. The molecule has 1 aromatic rings. The Labute approximate surface area is 105 Å². The summed E-state index contributed by atoms with van der Waals surface area (Å²) in [6.45, 7) is 14.6. The van der Waals surface area contributed by atoms with Crippen LogP contribution in [0.25, 0.3) is 5.57 Å². The summed E-state index contributed by atoms with van der Waals surface area (Å²) >= 11 is 0. The SMILES string of the molecule is C=C=C(/C=C\C)c1ccc(C)cc1C(C)(C)C. The summed E-state index contributed by atoms with van der Waals surface area (Å²) in [5, 5.41) is 0. The van der Waals surface area contributed by atoms with E-state index in [1.807, 2.05) is 13.0 Å². The molecule has 0 heteroatoms. The predicted molar refractivity (Wildman–Crippen MR) is 77.2 cm³/mol. The smallest absolute Gasteiger partial charge is 0.0230 e. The first-order chi connectivity index (χ1) is 7.90. The van der Waals surface area contributed by atoms with Crippen LogP contribution in [0, 0.1) is 6.92 Å². The lowest BCUT2D eigenvalue weighted by atomic mass is 9.81. The number of allylic oxidation sites excluding steroid dienone is 3. The van der Waals surface area contributed by atoms with Crippen LogP contribution in [0.1, 0.15) is 44.4 Å². The molecule has 17 heavy (non-hydrogen) atoms. The normalized spacial score (nSPS) is 11.6. The molecule has 0 bridgehead atoms. The Balaban J connectivity index is 3.49. The lowest BCUT2D eigenvalue weighted by molar-refractivity contribution is 0.588. The average molecular weight is 226 g/mol. The van der Waals surface area contributed by atoms with Crippen molar-refractivity contribution in [3.8, 4) is 0 Å². The van der Waals surface area contributed by atoms with Gasteiger partial charge in [0.1, 0.15) is 0 Å². The molecule has 0 unspecified atom stereocenters. The highest BCUT2D eigenvalue weighted by molar-refractivity contribution is 5.76. The lowest BCUT2D eigenvalue weighted by Gasteiger charge is -2.23. The van der Waals surface area contributed by atoms with Crippen LogP contribution in [0.4, 0.5) is 0 Å². The standard InChI is InChI=1S/C17H22/c1-7-9-14(8-2)15-11-10-13(3)12-16(15)17(4,5)6/h7,9-12H,2H2,1,3-6H3/b9-7-. The van der Waals surface area contributed by atoms with Crippen LogP contribution < -0.4 is 0 Å². The first-order valence-electron chi connectivity index (χ1n) is 6.04. The summed E-state index contributed by atoms with van der Waals surface area (Å²) in [6.07, 6.45) is 4.09. The molecule has 0 aliphatic rings. The van der Waals surface area contributed by atoms with Gasteiger partial charge in [0, 0.05) is 5.57 Å². The zero-order chi connectivity index (χ0) is 13.1.